The predicted octanol–water partition coefficient (Wildman–Crippen LogP) is 2.59. The summed E-state index contributed by atoms with van der Waals surface area (Å²) in [6.07, 6.45) is 2.53. The van der Waals surface area contributed by atoms with Gasteiger partial charge >= 0.3 is 0 Å². The number of hydrogen-bond donors (Lipinski definition) is 0. The summed E-state index contributed by atoms with van der Waals surface area (Å²) < 4.78 is 10.8. The fraction of sp³-hybridized carbons (Fsp3) is 0.333. The molecule has 128 valence electrons. The van der Waals surface area contributed by atoms with E-state index in [4.69, 9.17) is 9.26 Å². The number of aryl methyl sites for hydroxylation is 1. The third kappa shape index (κ3) is 3.36. The van der Waals surface area contributed by atoms with Gasteiger partial charge in [0.1, 0.15) is 17.8 Å². The van der Waals surface area contributed by atoms with E-state index in [2.05, 4.69) is 44.1 Å². The number of nitrogens with zero attached hydrogens (tertiary/aromatic N) is 5. The van der Waals surface area contributed by atoms with Gasteiger partial charge in [0.15, 0.2) is 0 Å². The molecule has 3 aromatic rings. The Bertz CT molecular complexity index is 841. The van der Waals surface area contributed by atoms with Crippen molar-refractivity contribution < 1.29 is 9.26 Å². The van der Waals surface area contributed by atoms with Crippen LogP contribution in [0.25, 0.3) is 23.0 Å². The summed E-state index contributed by atoms with van der Waals surface area (Å²) in [6, 6.07) is 10.0. The van der Waals surface area contributed by atoms with Crippen molar-refractivity contribution in [1.29, 1.82) is 0 Å². The molecule has 0 atom stereocenters. The fourth-order valence-corrected chi connectivity index (χ4v) is 2.76. The first-order chi connectivity index (χ1) is 12.3. The van der Waals surface area contributed by atoms with Gasteiger partial charge in [-0.15, -0.1) is 0 Å². The molecule has 7 heteroatoms. The average Bonchev–Trinajstić information content (AvgIpc) is 3.19. The van der Waals surface area contributed by atoms with Crippen molar-refractivity contribution in [3.05, 3.63) is 42.2 Å². The van der Waals surface area contributed by atoms with Gasteiger partial charge in [-0.25, -0.2) is 9.97 Å². The number of aromatic nitrogens is 4. The van der Waals surface area contributed by atoms with Crippen molar-refractivity contribution in [2.24, 2.45) is 0 Å². The SMILES string of the molecule is CCc1ccc(-c2noc(-c3cc(N4CCOCC4)ncn3)n2)cc1. The molecule has 1 aromatic carbocycles. The molecule has 1 saturated heterocycles. The molecule has 0 amide bonds. The summed E-state index contributed by atoms with van der Waals surface area (Å²) in [4.78, 5) is 15.3. The molecule has 0 bridgehead atoms. The molecule has 7 nitrogen and oxygen atoms in total. The quantitative estimate of drug-likeness (QED) is 0.724. The maximum absolute atomic E-state index is 5.41. The lowest BCUT2D eigenvalue weighted by Gasteiger charge is -2.27. The lowest BCUT2D eigenvalue weighted by molar-refractivity contribution is 0.122. The van der Waals surface area contributed by atoms with Gasteiger partial charge in [-0.2, -0.15) is 4.98 Å². The highest BCUT2D eigenvalue weighted by atomic mass is 16.5. The summed E-state index contributed by atoms with van der Waals surface area (Å²) in [6.45, 7) is 5.17. The number of morpholine rings is 1. The first kappa shape index (κ1) is 15.7. The number of hydrogen-bond acceptors (Lipinski definition) is 7. The highest BCUT2D eigenvalue weighted by molar-refractivity contribution is 5.60. The molecule has 1 fully saturated rings. The van der Waals surface area contributed by atoms with Gasteiger partial charge in [0.2, 0.25) is 5.82 Å². The molecule has 1 aliphatic rings. The third-order valence-electron chi connectivity index (χ3n) is 4.25. The molecule has 0 radical (unpaired) electrons. The Morgan fingerprint density at radius 2 is 1.88 bits per heavy atom. The van der Waals surface area contributed by atoms with Crippen molar-refractivity contribution in [1.82, 2.24) is 20.1 Å². The van der Waals surface area contributed by atoms with Crippen molar-refractivity contribution >= 4 is 5.82 Å². The second kappa shape index (κ2) is 6.98. The lowest BCUT2D eigenvalue weighted by atomic mass is 10.1. The molecular weight excluding hydrogens is 318 g/mol. The standard InChI is InChI=1S/C18H19N5O2/c1-2-13-3-5-14(6-4-13)17-21-18(25-22-17)15-11-16(20-12-19-15)23-7-9-24-10-8-23/h3-6,11-12H,2,7-10H2,1H3. The van der Waals surface area contributed by atoms with E-state index in [-0.39, 0.29) is 0 Å². The van der Waals surface area contributed by atoms with Crippen molar-refractivity contribution in [2.75, 3.05) is 31.2 Å². The molecule has 1 aliphatic heterocycles. The van der Waals surface area contributed by atoms with Gasteiger partial charge < -0.3 is 14.2 Å². The van der Waals surface area contributed by atoms with E-state index in [9.17, 15) is 0 Å². The van der Waals surface area contributed by atoms with Gasteiger partial charge in [0.05, 0.1) is 13.2 Å². The van der Waals surface area contributed by atoms with Crippen LogP contribution in [-0.4, -0.2) is 46.4 Å². The summed E-state index contributed by atoms with van der Waals surface area (Å²) in [5, 5.41) is 4.08. The van der Waals surface area contributed by atoms with Crippen LogP contribution in [0.4, 0.5) is 5.82 Å². The summed E-state index contributed by atoms with van der Waals surface area (Å²) in [5.41, 5.74) is 2.83. The maximum atomic E-state index is 5.41. The normalized spacial score (nSPS) is 14.7. The molecule has 0 aliphatic carbocycles. The van der Waals surface area contributed by atoms with E-state index in [0.717, 1.165) is 30.9 Å². The first-order valence-corrected chi connectivity index (χ1v) is 8.41. The molecule has 0 spiro atoms. The summed E-state index contributed by atoms with van der Waals surface area (Å²) >= 11 is 0. The van der Waals surface area contributed by atoms with E-state index in [1.54, 1.807) is 0 Å². The average molecular weight is 337 g/mol. The van der Waals surface area contributed by atoms with Crippen molar-refractivity contribution in [3.63, 3.8) is 0 Å². The fourth-order valence-electron chi connectivity index (χ4n) is 2.76. The minimum absolute atomic E-state index is 0.395. The van der Waals surface area contributed by atoms with Gasteiger partial charge in [0.25, 0.3) is 5.89 Å². The van der Waals surface area contributed by atoms with E-state index >= 15 is 0 Å². The lowest BCUT2D eigenvalue weighted by Crippen LogP contribution is -2.36. The van der Waals surface area contributed by atoms with Gasteiger partial charge in [0, 0.05) is 24.7 Å². The highest BCUT2D eigenvalue weighted by Gasteiger charge is 2.16. The maximum Gasteiger partial charge on any atom is 0.277 e. The zero-order chi connectivity index (χ0) is 17.1. The first-order valence-electron chi connectivity index (χ1n) is 8.41. The third-order valence-corrected chi connectivity index (χ3v) is 4.25. The molecule has 3 heterocycles. The Balaban J connectivity index is 1.59. The van der Waals surface area contributed by atoms with Crippen LogP contribution < -0.4 is 4.90 Å². The monoisotopic (exact) mass is 337 g/mol. The zero-order valence-electron chi connectivity index (χ0n) is 14.1. The van der Waals surface area contributed by atoms with Crippen LogP contribution in [0.1, 0.15) is 12.5 Å². The largest absolute Gasteiger partial charge is 0.378 e. The van der Waals surface area contributed by atoms with E-state index in [0.29, 0.717) is 30.6 Å². The van der Waals surface area contributed by atoms with Crippen LogP contribution in [0.5, 0.6) is 0 Å². The van der Waals surface area contributed by atoms with Gasteiger partial charge in [-0.3, -0.25) is 0 Å². The molecule has 25 heavy (non-hydrogen) atoms. The zero-order valence-corrected chi connectivity index (χ0v) is 14.1. The van der Waals surface area contributed by atoms with Crippen LogP contribution in [0.15, 0.2) is 41.2 Å². The molecular formula is C18H19N5O2. The second-order valence-electron chi connectivity index (χ2n) is 5.83. The van der Waals surface area contributed by atoms with Crippen LogP contribution in [0, 0.1) is 0 Å². The number of benzene rings is 1. The predicted molar refractivity (Wildman–Crippen MR) is 93.2 cm³/mol. The molecule has 4 rings (SSSR count). The summed E-state index contributed by atoms with van der Waals surface area (Å²) in [5.74, 6) is 1.80. The van der Waals surface area contributed by atoms with Gasteiger partial charge in [-0.05, 0) is 12.0 Å². The van der Waals surface area contributed by atoms with E-state index in [1.165, 1.54) is 11.9 Å². The van der Waals surface area contributed by atoms with E-state index < -0.39 is 0 Å². The summed E-state index contributed by atoms with van der Waals surface area (Å²) in [7, 11) is 0. The Morgan fingerprint density at radius 3 is 2.64 bits per heavy atom. The van der Waals surface area contributed by atoms with Crippen LogP contribution in [0.2, 0.25) is 0 Å². The van der Waals surface area contributed by atoms with E-state index in [1.807, 2.05) is 18.2 Å². The Kier molecular flexibility index (Phi) is 4.39. The Hall–Kier alpha value is -2.80. The molecule has 0 saturated carbocycles. The van der Waals surface area contributed by atoms with Crippen LogP contribution in [0.3, 0.4) is 0 Å². The van der Waals surface area contributed by atoms with Crippen LogP contribution in [-0.2, 0) is 11.2 Å². The number of anilines is 1. The minimum Gasteiger partial charge on any atom is -0.378 e. The highest BCUT2D eigenvalue weighted by Crippen LogP contribution is 2.23. The van der Waals surface area contributed by atoms with Crippen LogP contribution >= 0.6 is 0 Å². The Labute approximate surface area is 145 Å². The van der Waals surface area contributed by atoms with Gasteiger partial charge in [-0.1, -0.05) is 36.3 Å². The molecule has 2 aromatic heterocycles. The Morgan fingerprint density at radius 1 is 1.08 bits per heavy atom. The minimum atomic E-state index is 0.395. The van der Waals surface area contributed by atoms with Crippen molar-refractivity contribution in [2.45, 2.75) is 13.3 Å². The molecule has 0 unspecified atom stereocenters. The second-order valence-corrected chi connectivity index (χ2v) is 5.83. The smallest absolute Gasteiger partial charge is 0.277 e. The molecule has 0 N–H and O–H groups in total. The number of rotatable bonds is 4. The van der Waals surface area contributed by atoms with Crippen molar-refractivity contribution in [3.8, 4) is 23.0 Å². The topological polar surface area (TPSA) is 77.2 Å². The number of ether oxygens (including phenoxy) is 1.